The van der Waals surface area contributed by atoms with Crippen LogP contribution in [0.15, 0.2) is 54.9 Å². The van der Waals surface area contributed by atoms with Crippen molar-refractivity contribution in [1.29, 1.82) is 0 Å². The van der Waals surface area contributed by atoms with E-state index in [-0.39, 0.29) is 0 Å². The fraction of sp³-hybridized carbons (Fsp3) is 0.105. The van der Waals surface area contributed by atoms with Gasteiger partial charge < -0.3 is 10.1 Å². The van der Waals surface area contributed by atoms with Crippen LogP contribution in [0.5, 0.6) is 5.75 Å². The standard InChI is InChI=1S/C19H17N5O/c1-12-8-18(24-23-12)21-17-10-14-9-15(25-2)5-6-16(14)19(22-17)13-4-3-7-20-11-13/h3-11H,1-2H3,(H2,21,22,23,24). The van der Waals surface area contributed by atoms with Crippen LogP contribution in [0.3, 0.4) is 0 Å². The molecule has 0 radical (unpaired) electrons. The number of aromatic nitrogens is 4. The summed E-state index contributed by atoms with van der Waals surface area (Å²) in [5, 5.41) is 12.5. The number of H-pyrrole nitrogens is 1. The number of anilines is 2. The van der Waals surface area contributed by atoms with Gasteiger partial charge >= 0.3 is 0 Å². The molecule has 0 spiro atoms. The fourth-order valence-electron chi connectivity index (χ4n) is 2.76. The van der Waals surface area contributed by atoms with Crippen LogP contribution in [-0.2, 0) is 0 Å². The maximum atomic E-state index is 5.36. The Kier molecular flexibility index (Phi) is 3.78. The summed E-state index contributed by atoms with van der Waals surface area (Å²) in [6.07, 6.45) is 3.57. The Hall–Kier alpha value is -3.41. The van der Waals surface area contributed by atoms with Crippen molar-refractivity contribution in [1.82, 2.24) is 20.2 Å². The lowest BCUT2D eigenvalue weighted by Crippen LogP contribution is -1.97. The van der Waals surface area contributed by atoms with E-state index < -0.39 is 0 Å². The highest BCUT2D eigenvalue weighted by atomic mass is 16.5. The molecule has 0 unspecified atom stereocenters. The summed E-state index contributed by atoms with van der Waals surface area (Å²) in [5.41, 5.74) is 2.81. The Morgan fingerprint density at radius 3 is 2.72 bits per heavy atom. The molecule has 0 bridgehead atoms. The summed E-state index contributed by atoms with van der Waals surface area (Å²) in [6, 6.07) is 13.8. The molecule has 3 aromatic heterocycles. The topological polar surface area (TPSA) is 75.7 Å². The van der Waals surface area contributed by atoms with Gasteiger partial charge in [0, 0.05) is 35.1 Å². The third kappa shape index (κ3) is 3.01. The number of aromatic amines is 1. The van der Waals surface area contributed by atoms with Crippen LogP contribution >= 0.6 is 0 Å². The van der Waals surface area contributed by atoms with Crippen molar-refractivity contribution in [3.8, 4) is 17.0 Å². The van der Waals surface area contributed by atoms with Gasteiger partial charge in [0.15, 0.2) is 5.82 Å². The van der Waals surface area contributed by atoms with E-state index in [2.05, 4.69) is 20.5 Å². The molecule has 0 aliphatic rings. The molecule has 0 aliphatic carbocycles. The second kappa shape index (κ2) is 6.24. The number of pyridine rings is 2. The number of benzene rings is 1. The van der Waals surface area contributed by atoms with Gasteiger partial charge in [-0.3, -0.25) is 10.1 Å². The third-order valence-corrected chi connectivity index (χ3v) is 3.94. The van der Waals surface area contributed by atoms with Crippen LogP contribution < -0.4 is 10.1 Å². The summed E-state index contributed by atoms with van der Waals surface area (Å²) in [6.45, 7) is 1.96. The van der Waals surface area contributed by atoms with E-state index in [1.165, 1.54) is 0 Å². The second-order valence-corrected chi connectivity index (χ2v) is 5.75. The Balaban J connectivity index is 1.88. The SMILES string of the molecule is COc1ccc2c(-c3cccnc3)nc(Nc3cc(C)[nH]n3)cc2c1. The van der Waals surface area contributed by atoms with Crippen LogP contribution in [0.25, 0.3) is 22.0 Å². The molecule has 0 saturated heterocycles. The molecule has 6 heteroatoms. The lowest BCUT2D eigenvalue weighted by Gasteiger charge is -2.11. The number of ether oxygens (including phenoxy) is 1. The van der Waals surface area contributed by atoms with Crippen molar-refractivity contribution in [3.63, 3.8) is 0 Å². The molecule has 0 aliphatic heterocycles. The van der Waals surface area contributed by atoms with E-state index in [0.717, 1.165) is 39.3 Å². The minimum absolute atomic E-state index is 0.714. The third-order valence-electron chi connectivity index (χ3n) is 3.94. The minimum Gasteiger partial charge on any atom is -0.497 e. The normalized spacial score (nSPS) is 10.8. The van der Waals surface area contributed by atoms with Gasteiger partial charge in [0.1, 0.15) is 11.6 Å². The van der Waals surface area contributed by atoms with E-state index in [1.807, 2.05) is 55.6 Å². The molecule has 2 N–H and O–H groups in total. The average molecular weight is 331 g/mol. The molecule has 25 heavy (non-hydrogen) atoms. The highest BCUT2D eigenvalue weighted by molar-refractivity contribution is 5.97. The smallest absolute Gasteiger partial charge is 0.153 e. The van der Waals surface area contributed by atoms with Crippen LogP contribution in [-0.4, -0.2) is 27.3 Å². The average Bonchev–Trinajstić information content (AvgIpc) is 3.06. The first-order chi connectivity index (χ1) is 12.2. The molecule has 0 atom stereocenters. The van der Waals surface area contributed by atoms with Gasteiger partial charge in [-0.05, 0) is 48.7 Å². The van der Waals surface area contributed by atoms with Crippen LogP contribution in [0.4, 0.5) is 11.6 Å². The molecular weight excluding hydrogens is 314 g/mol. The molecule has 0 fully saturated rings. The Morgan fingerprint density at radius 1 is 1.08 bits per heavy atom. The number of hydrogen-bond acceptors (Lipinski definition) is 5. The van der Waals surface area contributed by atoms with Crippen molar-refractivity contribution < 1.29 is 4.74 Å². The fourth-order valence-corrected chi connectivity index (χ4v) is 2.76. The van der Waals surface area contributed by atoms with Gasteiger partial charge in [-0.2, -0.15) is 5.10 Å². The highest BCUT2D eigenvalue weighted by Crippen LogP contribution is 2.31. The van der Waals surface area contributed by atoms with Gasteiger partial charge in [0.25, 0.3) is 0 Å². The molecule has 4 rings (SSSR count). The summed E-state index contributed by atoms with van der Waals surface area (Å²) in [7, 11) is 1.66. The van der Waals surface area contributed by atoms with Gasteiger partial charge in [0.2, 0.25) is 0 Å². The Morgan fingerprint density at radius 2 is 2.00 bits per heavy atom. The number of fused-ring (bicyclic) bond motifs is 1. The summed E-state index contributed by atoms with van der Waals surface area (Å²) < 4.78 is 5.36. The number of nitrogens with zero attached hydrogens (tertiary/aromatic N) is 3. The van der Waals surface area contributed by atoms with Crippen LogP contribution in [0, 0.1) is 6.92 Å². The first kappa shape index (κ1) is 15.1. The molecule has 0 saturated carbocycles. The number of rotatable bonds is 4. The van der Waals surface area contributed by atoms with E-state index in [4.69, 9.17) is 9.72 Å². The zero-order chi connectivity index (χ0) is 17.2. The predicted octanol–water partition coefficient (Wildman–Crippen LogP) is 4.08. The van der Waals surface area contributed by atoms with Crippen molar-refractivity contribution in [2.75, 3.05) is 12.4 Å². The maximum Gasteiger partial charge on any atom is 0.153 e. The number of aryl methyl sites for hydroxylation is 1. The number of nitrogens with one attached hydrogen (secondary N) is 2. The van der Waals surface area contributed by atoms with Gasteiger partial charge in [0.05, 0.1) is 12.8 Å². The second-order valence-electron chi connectivity index (χ2n) is 5.75. The molecule has 0 amide bonds. The number of hydrogen-bond donors (Lipinski definition) is 2. The molecule has 124 valence electrons. The van der Waals surface area contributed by atoms with E-state index in [9.17, 15) is 0 Å². The number of methoxy groups -OCH3 is 1. The summed E-state index contributed by atoms with van der Waals surface area (Å²) in [4.78, 5) is 9.00. The summed E-state index contributed by atoms with van der Waals surface area (Å²) >= 11 is 0. The molecular formula is C19H17N5O. The lowest BCUT2D eigenvalue weighted by atomic mass is 10.0. The van der Waals surface area contributed by atoms with Crippen molar-refractivity contribution in [3.05, 3.63) is 60.6 Å². The van der Waals surface area contributed by atoms with Crippen molar-refractivity contribution in [2.45, 2.75) is 6.92 Å². The van der Waals surface area contributed by atoms with Crippen LogP contribution in [0.2, 0.25) is 0 Å². The highest BCUT2D eigenvalue weighted by Gasteiger charge is 2.10. The molecule has 1 aromatic carbocycles. The first-order valence-corrected chi connectivity index (χ1v) is 7.91. The van der Waals surface area contributed by atoms with E-state index in [1.54, 1.807) is 13.3 Å². The molecule has 4 aromatic rings. The Labute approximate surface area is 144 Å². The predicted molar refractivity (Wildman–Crippen MR) is 98.1 cm³/mol. The largest absolute Gasteiger partial charge is 0.497 e. The van der Waals surface area contributed by atoms with E-state index >= 15 is 0 Å². The molecule has 3 heterocycles. The van der Waals surface area contributed by atoms with E-state index in [0.29, 0.717) is 5.82 Å². The lowest BCUT2D eigenvalue weighted by molar-refractivity contribution is 0.415. The zero-order valence-electron chi connectivity index (χ0n) is 13.9. The minimum atomic E-state index is 0.714. The maximum absolute atomic E-state index is 5.36. The van der Waals surface area contributed by atoms with Gasteiger partial charge in [-0.15, -0.1) is 0 Å². The zero-order valence-corrected chi connectivity index (χ0v) is 13.9. The first-order valence-electron chi connectivity index (χ1n) is 7.91. The van der Waals surface area contributed by atoms with Crippen LogP contribution in [0.1, 0.15) is 5.69 Å². The van der Waals surface area contributed by atoms with Crippen molar-refractivity contribution in [2.24, 2.45) is 0 Å². The Bertz CT molecular complexity index is 1030. The molecule has 6 nitrogen and oxygen atoms in total. The monoisotopic (exact) mass is 331 g/mol. The summed E-state index contributed by atoms with van der Waals surface area (Å²) in [5.74, 6) is 2.24. The van der Waals surface area contributed by atoms with Gasteiger partial charge in [-0.1, -0.05) is 0 Å². The van der Waals surface area contributed by atoms with Crippen molar-refractivity contribution >= 4 is 22.4 Å². The van der Waals surface area contributed by atoms with Gasteiger partial charge in [-0.25, -0.2) is 4.98 Å². The quantitative estimate of drug-likeness (QED) is 0.589.